The number of carbonyl (C=O) groups is 6. The van der Waals surface area contributed by atoms with Crippen LogP contribution in [0.15, 0.2) is 66.7 Å². The molecular weight excluding hydrogens is 580 g/mol. The van der Waals surface area contributed by atoms with Gasteiger partial charge in [-0.05, 0) is 92.1 Å². The fraction of sp³-hybridized carbons (Fsp3) is 0.314. The molecule has 0 atom stereocenters. The third kappa shape index (κ3) is 10.8. The highest BCUT2D eigenvalue weighted by Gasteiger charge is 2.15. The Bertz CT molecular complexity index is 1520. The number of benzene rings is 3. The van der Waals surface area contributed by atoms with E-state index in [4.69, 9.17) is 18.9 Å². The predicted octanol–water partition coefficient (Wildman–Crippen LogP) is 5.85. The van der Waals surface area contributed by atoms with Crippen molar-refractivity contribution in [2.24, 2.45) is 0 Å². The molecule has 0 heterocycles. The lowest BCUT2D eigenvalue weighted by Gasteiger charge is -2.11. The lowest BCUT2D eigenvalue weighted by atomic mass is 10.1. The van der Waals surface area contributed by atoms with Gasteiger partial charge in [0.1, 0.15) is 23.0 Å². The van der Waals surface area contributed by atoms with E-state index in [-0.39, 0.29) is 56.2 Å². The van der Waals surface area contributed by atoms with Crippen molar-refractivity contribution < 1.29 is 47.7 Å². The van der Waals surface area contributed by atoms with Crippen molar-refractivity contribution in [1.29, 1.82) is 0 Å². The van der Waals surface area contributed by atoms with E-state index in [1.807, 2.05) is 0 Å². The van der Waals surface area contributed by atoms with Gasteiger partial charge in [0.05, 0.1) is 24.3 Å². The molecule has 3 aromatic rings. The number of esters is 2. The van der Waals surface area contributed by atoms with Crippen molar-refractivity contribution >= 4 is 35.1 Å². The topological polar surface area (TPSA) is 139 Å². The molecule has 0 aromatic heterocycles. The summed E-state index contributed by atoms with van der Waals surface area (Å²) in [5.41, 5.74) is 1.17. The molecule has 10 nitrogen and oxygen atoms in total. The molecule has 0 radical (unpaired) electrons. The smallest absolute Gasteiger partial charge is 0.343 e. The monoisotopic (exact) mass is 616 g/mol. The Balaban J connectivity index is 1.45. The first-order valence-corrected chi connectivity index (χ1v) is 14.7. The molecule has 0 saturated heterocycles. The van der Waals surface area contributed by atoms with Crippen LogP contribution < -0.4 is 18.9 Å². The van der Waals surface area contributed by atoms with Crippen LogP contribution in [0.4, 0.5) is 0 Å². The lowest BCUT2D eigenvalue weighted by molar-refractivity contribution is -0.136. The van der Waals surface area contributed by atoms with Crippen molar-refractivity contribution in [3.8, 4) is 23.0 Å². The zero-order valence-electron chi connectivity index (χ0n) is 25.6. The summed E-state index contributed by atoms with van der Waals surface area (Å²) in [6, 6.07) is 17.3. The maximum Gasteiger partial charge on any atom is 0.343 e. The van der Waals surface area contributed by atoms with E-state index in [9.17, 15) is 28.8 Å². The van der Waals surface area contributed by atoms with E-state index < -0.39 is 23.5 Å². The average Bonchev–Trinajstić information content (AvgIpc) is 3.05. The van der Waals surface area contributed by atoms with Crippen molar-refractivity contribution in [2.45, 2.75) is 59.3 Å². The van der Waals surface area contributed by atoms with Gasteiger partial charge in [-0.15, -0.1) is 0 Å². The SMILES string of the molecule is CCC(=O)C(=O)CCCOc1ccc(C(=O)Oc2ccc(OC(=O)c3ccc(OCCCC(=O)C(=O)CC)cc3)c(C)c2)cc1. The molecule has 45 heavy (non-hydrogen) atoms. The van der Waals surface area contributed by atoms with Crippen LogP contribution in [0.2, 0.25) is 0 Å². The van der Waals surface area contributed by atoms with Crippen LogP contribution in [0.5, 0.6) is 23.0 Å². The molecule has 0 unspecified atom stereocenters. The Hall–Kier alpha value is -5.12. The fourth-order valence-corrected chi connectivity index (χ4v) is 4.02. The first-order chi connectivity index (χ1) is 21.6. The van der Waals surface area contributed by atoms with E-state index in [0.717, 1.165) is 0 Å². The molecule has 3 aromatic carbocycles. The highest BCUT2D eigenvalue weighted by molar-refractivity contribution is 6.37. The summed E-state index contributed by atoms with van der Waals surface area (Å²) in [5, 5.41) is 0. The predicted molar refractivity (Wildman–Crippen MR) is 164 cm³/mol. The second-order valence-corrected chi connectivity index (χ2v) is 10.1. The van der Waals surface area contributed by atoms with Crippen LogP contribution in [0, 0.1) is 6.92 Å². The van der Waals surface area contributed by atoms with Gasteiger partial charge in [0.25, 0.3) is 0 Å². The summed E-state index contributed by atoms with van der Waals surface area (Å²) in [5.74, 6) is -1.14. The van der Waals surface area contributed by atoms with Gasteiger partial charge in [-0.25, -0.2) is 9.59 Å². The molecular formula is C35H36O10. The standard InChI is InChI=1S/C35H36O10/c1-4-29(36)31(38)8-6-20-42-26-14-10-24(11-15-26)34(40)44-28-18-19-33(23(3)22-28)45-35(41)25-12-16-27(17-13-25)43-21-7-9-32(39)30(37)5-2/h10-19,22H,4-9,20-21H2,1-3H3. The zero-order chi connectivity index (χ0) is 32.8. The minimum absolute atomic E-state index is 0.133. The number of carbonyl (C=O) groups excluding carboxylic acids is 6. The number of Topliss-reactive ketones (excluding diaryl/α,β-unsaturated/α-hetero) is 4. The molecule has 0 amide bonds. The summed E-state index contributed by atoms with van der Waals surface area (Å²) in [7, 11) is 0. The van der Waals surface area contributed by atoms with Gasteiger partial charge in [0.2, 0.25) is 0 Å². The molecule has 0 fully saturated rings. The molecule has 3 rings (SSSR count). The number of ether oxygens (including phenoxy) is 4. The fourth-order valence-electron chi connectivity index (χ4n) is 4.02. The Labute approximate surface area is 261 Å². The quantitative estimate of drug-likeness (QED) is 0.0740. The van der Waals surface area contributed by atoms with Crippen molar-refractivity contribution in [2.75, 3.05) is 13.2 Å². The van der Waals surface area contributed by atoms with Crippen molar-refractivity contribution in [3.05, 3.63) is 83.4 Å². The van der Waals surface area contributed by atoms with Gasteiger partial charge in [-0.2, -0.15) is 0 Å². The number of hydrogen-bond donors (Lipinski definition) is 0. The Kier molecular flexibility index (Phi) is 13.2. The summed E-state index contributed by atoms with van der Waals surface area (Å²) in [6.45, 7) is 5.53. The molecule has 0 saturated carbocycles. The second-order valence-electron chi connectivity index (χ2n) is 10.1. The van der Waals surface area contributed by atoms with Crippen LogP contribution in [-0.4, -0.2) is 48.3 Å². The van der Waals surface area contributed by atoms with Crippen LogP contribution >= 0.6 is 0 Å². The van der Waals surface area contributed by atoms with Gasteiger partial charge in [-0.1, -0.05) is 13.8 Å². The maximum atomic E-state index is 12.7. The first kappa shape index (κ1) is 34.4. The Morgan fingerprint density at radius 2 is 0.956 bits per heavy atom. The normalized spacial score (nSPS) is 10.5. The molecule has 0 aliphatic heterocycles. The maximum absolute atomic E-state index is 12.7. The molecule has 0 spiro atoms. The van der Waals surface area contributed by atoms with Crippen LogP contribution in [0.1, 0.15) is 78.7 Å². The van der Waals surface area contributed by atoms with Gasteiger partial charge in [-0.3, -0.25) is 19.2 Å². The number of hydrogen-bond acceptors (Lipinski definition) is 10. The van der Waals surface area contributed by atoms with Gasteiger partial charge in [0, 0.05) is 25.7 Å². The van der Waals surface area contributed by atoms with Crippen molar-refractivity contribution in [3.63, 3.8) is 0 Å². The van der Waals surface area contributed by atoms with E-state index in [2.05, 4.69) is 0 Å². The average molecular weight is 617 g/mol. The Morgan fingerprint density at radius 1 is 0.533 bits per heavy atom. The summed E-state index contributed by atoms with van der Waals surface area (Å²) < 4.78 is 22.1. The molecule has 0 bridgehead atoms. The minimum atomic E-state index is -0.585. The second kappa shape index (κ2) is 17.2. The van der Waals surface area contributed by atoms with Crippen molar-refractivity contribution in [1.82, 2.24) is 0 Å². The number of aryl methyl sites for hydroxylation is 1. The number of rotatable bonds is 18. The Morgan fingerprint density at radius 3 is 1.38 bits per heavy atom. The third-order valence-electron chi connectivity index (χ3n) is 6.64. The zero-order valence-corrected chi connectivity index (χ0v) is 25.6. The third-order valence-corrected chi connectivity index (χ3v) is 6.64. The largest absolute Gasteiger partial charge is 0.494 e. The van der Waals surface area contributed by atoms with E-state index >= 15 is 0 Å². The lowest BCUT2D eigenvalue weighted by Crippen LogP contribution is -2.13. The van der Waals surface area contributed by atoms with Gasteiger partial charge < -0.3 is 18.9 Å². The molecule has 0 N–H and O–H groups in total. The molecule has 10 heteroatoms. The molecule has 0 aliphatic rings. The molecule has 0 aliphatic carbocycles. The molecule has 236 valence electrons. The van der Waals surface area contributed by atoms with Crippen LogP contribution in [0.25, 0.3) is 0 Å². The number of ketones is 4. The first-order valence-electron chi connectivity index (χ1n) is 14.7. The van der Waals surface area contributed by atoms with E-state index in [1.54, 1.807) is 75.4 Å². The van der Waals surface area contributed by atoms with Gasteiger partial charge >= 0.3 is 11.9 Å². The van der Waals surface area contributed by atoms with E-state index in [0.29, 0.717) is 46.8 Å². The highest BCUT2D eigenvalue weighted by atomic mass is 16.5. The summed E-state index contributed by atoms with van der Waals surface area (Å²) in [6.07, 6.45) is 1.48. The highest BCUT2D eigenvalue weighted by Crippen LogP contribution is 2.26. The summed E-state index contributed by atoms with van der Waals surface area (Å²) >= 11 is 0. The summed E-state index contributed by atoms with van der Waals surface area (Å²) in [4.78, 5) is 71.2. The minimum Gasteiger partial charge on any atom is -0.494 e. The van der Waals surface area contributed by atoms with E-state index in [1.165, 1.54) is 12.1 Å². The van der Waals surface area contributed by atoms with Crippen LogP contribution in [0.3, 0.4) is 0 Å². The van der Waals surface area contributed by atoms with Gasteiger partial charge in [0.15, 0.2) is 23.1 Å². The van der Waals surface area contributed by atoms with Crippen LogP contribution in [-0.2, 0) is 19.2 Å².